The van der Waals surface area contributed by atoms with Crippen molar-refractivity contribution in [1.82, 2.24) is 25.0 Å². The molecule has 0 radical (unpaired) electrons. The van der Waals surface area contributed by atoms with E-state index >= 15 is 0 Å². The summed E-state index contributed by atoms with van der Waals surface area (Å²) < 4.78 is 7.43. The Morgan fingerprint density at radius 1 is 1.26 bits per heavy atom. The van der Waals surface area contributed by atoms with E-state index in [1.807, 2.05) is 33.0 Å². The minimum atomic E-state index is -2.01. The van der Waals surface area contributed by atoms with Gasteiger partial charge in [-0.1, -0.05) is 45.9 Å². The first-order valence-electron chi connectivity index (χ1n) is 15.5. The van der Waals surface area contributed by atoms with E-state index in [0.29, 0.717) is 25.9 Å². The lowest BCUT2D eigenvalue weighted by molar-refractivity contribution is -0.322. The van der Waals surface area contributed by atoms with Crippen molar-refractivity contribution in [2.75, 3.05) is 20.1 Å². The molecule has 10 nitrogen and oxygen atoms in total. The molecule has 3 fully saturated rings. The minimum Gasteiger partial charge on any atom is -0.349 e. The minimum absolute atomic E-state index is 0.104. The van der Waals surface area contributed by atoms with Crippen LogP contribution in [0.25, 0.3) is 16.5 Å². The van der Waals surface area contributed by atoms with Gasteiger partial charge in [0, 0.05) is 36.0 Å². The second kappa shape index (κ2) is 9.89. The summed E-state index contributed by atoms with van der Waals surface area (Å²) in [6.07, 6.45) is 4.49. The molecule has 11 heteroatoms. The van der Waals surface area contributed by atoms with Gasteiger partial charge in [-0.15, -0.1) is 0 Å². The molecule has 0 bridgehead atoms. The van der Waals surface area contributed by atoms with Crippen LogP contribution in [0.1, 0.15) is 58.1 Å². The molecule has 3 amide bonds. The number of piperazine rings is 1. The number of benzene rings is 1. The molecule has 5 aliphatic rings. The van der Waals surface area contributed by atoms with Gasteiger partial charge in [0.05, 0.1) is 10.5 Å². The van der Waals surface area contributed by atoms with Gasteiger partial charge in [-0.2, -0.15) is 0 Å². The number of nitrogens with zero attached hydrogens (tertiary/aromatic N) is 3. The summed E-state index contributed by atoms with van der Waals surface area (Å²) in [6.45, 7) is 8.57. The Kier molecular flexibility index (Phi) is 6.67. The first kappa shape index (κ1) is 29.0. The topological polar surface area (TPSA) is 118 Å². The number of nitrogens with one attached hydrogen (secondary N) is 2. The first-order valence-corrected chi connectivity index (χ1v) is 16.3. The Balaban J connectivity index is 1.25. The average molecular weight is 655 g/mol. The number of aromatic amines is 1. The highest BCUT2D eigenvalue weighted by molar-refractivity contribution is 9.10. The third-order valence-corrected chi connectivity index (χ3v) is 10.9. The Hall–Kier alpha value is -2.73. The number of H-pyrrole nitrogens is 1. The zero-order valence-electron chi connectivity index (χ0n) is 25.3. The van der Waals surface area contributed by atoms with Gasteiger partial charge in [0.1, 0.15) is 12.1 Å². The van der Waals surface area contributed by atoms with Crippen LogP contribution in [0.15, 0.2) is 28.9 Å². The molecule has 1 aromatic carbocycles. The smallest absolute Gasteiger partial charge is 0.281 e. The summed E-state index contributed by atoms with van der Waals surface area (Å²) in [6, 6.07) is 4.76. The number of rotatable bonds is 5. The molecule has 2 aromatic rings. The molecule has 4 aliphatic heterocycles. The van der Waals surface area contributed by atoms with Gasteiger partial charge >= 0.3 is 0 Å². The zero-order chi connectivity index (χ0) is 30.6. The number of aliphatic hydroxyl groups is 1. The van der Waals surface area contributed by atoms with E-state index in [1.165, 1.54) is 15.8 Å². The van der Waals surface area contributed by atoms with Crippen LogP contribution in [-0.4, -0.2) is 92.4 Å². The van der Waals surface area contributed by atoms with Gasteiger partial charge in [0.15, 0.2) is 0 Å². The van der Waals surface area contributed by atoms with Crippen LogP contribution in [0.4, 0.5) is 0 Å². The molecule has 43 heavy (non-hydrogen) atoms. The van der Waals surface area contributed by atoms with Crippen LogP contribution >= 0.6 is 15.9 Å². The Morgan fingerprint density at radius 3 is 2.74 bits per heavy atom. The quantitative estimate of drug-likeness (QED) is 0.456. The van der Waals surface area contributed by atoms with Gasteiger partial charge in [-0.05, 0) is 77.3 Å². The number of aromatic nitrogens is 1. The van der Waals surface area contributed by atoms with Crippen molar-refractivity contribution in [3.05, 3.63) is 40.0 Å². The number of ether oxygens (including phenoxy) is 1. The fourth-order valence-corrected chi connectivity index (χ4v) is 8.72. The molecule has 5 heterocycles. The standard InChI is InChI=1S/C32H40BrN5O5/c1-16(2)12-24-29(40)37-11-7-10-25(37)32(42)38(24)30(41)31(43-32,17(3)4)35-28(39)18-13-20-19-8-6-9-22-26(19)21(27(33)34-22)14-23(20)36(5)15-18/h6,8-9,13,16-18,23-25,34,42H,7,10-12,14-15H2,1-5H3,(H,35,39)/t18-,23+,24-,25-,31+,32-/m0/s1. The monoisotopic (exact) mass is 653 g/mol. The van der Waals surface area contributed by atoms with E-state index in [-0.39, 0.29) is 23.8 Å². The summed E-state index contributed by atoms with van der Waals surface area (Å²) in [7, 11) is 2.03. The maximum Gasteiger partial charge on any atom is 0.281 e. The molecule has 1 aliphatic carbocycles. The van der Waals surface area contributed by atoms with E-state index < -0.39 is 41.5 Å². The summed E-state index contributed by atoms with van der Waals surface area (Å²) in [5.41, 5.74) is 2.68. The molecule has 3 N–H and O–H groups in total. The van der Waals surface area contributed by atoms with E-state index in [1.54, 1.807) is 18.7 Å². The summed E-state index contributed by atoms with van der Waals surface area (Å²) in [5, 5.41) is 16.3. The van der Waals surface area contributed by atoms with Crippen molar-refractivity contribution in [1.29, 1.82) is 0 Å². The molecule has 0 spiro atoms. The molecule has 3 saturated heterocycles. The Labute approximate surface area is 259 Å². The van der Waals surface area contributed by atoms with E-state index in [9.17, 15) is 19.5 Å². The van der Waals surface area contributed by atoms with Crippen LogP contribution < -0.4 is 5.32 Å². The highest BCUT2D eigenvalue weighted by Gasteiger charge is 2.72. The number of halogens is 1. The third-order valence-electron chi connectivity index (χ3n) is 10.3. The van der Waals surface area contributed by atoms with Gasteiger partial charge in [-0.25, -0.2) is 0 Å². The number of hydrogen-bond donors (Lipinski definition) is 3. The highest BCUT2D eigenvalue weighted by Crippen LogP contribution is 2.49. The van der Waals surface area contributed by atoms with E-state index in [4.69, 9.17) is 4.74 Å². The number of carbonyl (C=O) groups excluding carboxylic acids is 3. The fourth-order valence-electron chi connectivity index (χ4n) is 8.15. The average Bonchev–Trinajstić information content (AvgIpc) is 3.63. The largest absolute Gasteiger partial charge is 0.349 e. The second-order valence-corrected chi connectivity index (χ2v) is 14.5. The maximum atomic E-state index is 14.4. The lowest BCUT2D eigenvalue weighted by Gasteiger charge is -2.49. The predicted molar refractivity (Wildman–Crippen MR) is 164 cm³/mol. The van der Waals surface area contributed by atoms with Crippen LogP contribution in [-0.2, 0) is 25.5 Å². The van der Waals surface area contributed by atoms with Crippen LogP contribution in [0.3, 0.4) is 0 Å². The van der Waals surface area contributed by atoms with Gasteiger partial charge in [-0.3, -0.25) is 28.9 Å². The summed E-state index contributed by atoms with van der Waals surface area (Å²) >= 11 is 3.70. The van der Waals surface area contributed by atoms with E-state index in [0.717, 1.165) is 34.1 Å². The lowest BCUT2D eigenvalue weighted by atomic mass is 9.79. The molecule has 7 rings (SSSR count). The van der Waals surface area contributed by atoms with Crippen molar-refractivity contribution in [2.24, 2.45) is 17.8 Å². The van der Waals surface area contributed by atoms with Gasteiger partial charge < -0.3 is 20.3 Å². The fraction of sp³-hybridized carbons (Fsp3) is 0.594. The Morgan fingerprint density at radius 2 is 2.02 bits per heavy atom. The van der Waals surface area contributed by atoms with E-state index in [2.05, 4.69) is 43.3 Å². The van der Waals surface area contributed by atoms with Crippen LogP contribution in [0.2, 0.25) is 0 Å². The third kappa shape index (κ3) is 4.04. The van der Waals surface area contributed by atoms with Crippen LogP contribution in [0, 0.1) is 17.8 Å². The molecule has 6 atom stereocenters. The number of hydrogen-bond acceptors (Lipinski definition) is 6. The second-order valence-electron chi connectivity index (χ2n) is 13.7. The molecular formula is C32H40BrN5O5. The van der Waals surface area contributed by atoms with Gasteiger partial charge in [0.25, 0.3) is 11.8 Å². The summed E-state index contributed by atoms with van der Waals surface area (Å²) in [4.78, 5) is 50.8. The van der Waals surface area contributed by atoms with Gasteiger partial charge in [0.2, 0.25) is 17.5 Å². The zero-order valence-corrected chi connectivity index (χ0v) is 26.9. The van der Waals surface area contributed by atoms with Crippen molar-refractivity contribution >= 4 is 50.1 Å². The maximum absolute atomic E-state index is 14.4. The SMILES string of the molecule is CC(C)C[C@H]1C(=O)N2CCC[C@H]2[C@]2(O)O[C@](NC(=O)[C@H]3C=C4c5cccc6[nH]c(Br)c(c56)C[C@H]4N(C)C3)(C(C)C)C(=O)N12. The first-order chi connectivity index (χ1) is 20.4. The van der Waals surface area contributed by atoms with Crippen molar-refractivity contribution in [2.45, 2.75) is 83.1 Å². The molecule has 0 saturated carbocycles. The van der Waals surface area contributed by atoms with Crippen molar-refractivity contribution < 1.29 is 24.2 Å². The summed E-state index contributed by atoms with van der Waals surface area (Å²) in [5.74, 6) is -4.01. The number of carbonyl (C=O) groups is 3. The lowest BCUT2D eigenvalue weighted by Crippen LogP contribution is -2.71. The normalized spacial score (nSPS) is 33.7. The number of amides is 3. The molecule has 230 valence electrons. The number of fused-ring (bicyclic) bond motifs is 5. The number of likely N-dealkylation sites (N-methyl/N-ethyl adjacent to an activating group) is 1. The Bertz CT molecular complexity index is 1570. The van der Waals surface area contributed by atoms with Crippen molar-refractivity contribution in [3.8, 4) is 0 Å². The molecule has 0 unspecified atom stereocenters. The van der Waals surface area contributed by atoms with Crippen molar-refractivity contribution in [3.63, 3.8) is 0 Å². The highest BCUT2D eigenvalue weighted by atomic mass is 79.9. The predicted octanol–water partition coefficient (Wildman–Crippen LogP) is 3.19. The van der Waals surface area contributed by atoms with Crippen LogP contribution in [0.5, 0.6) is 0 Å². The molecule has 1 aromatic heterocycles. The molecular weight excluding hydrogens is 614 g/mol.